The minimum absolute atomic E-state index is 0.920. The van der Waals surface area contributed by atoms with Gasteiger partial charge in [0.05, 0.1) is 12.2 Å². The molecule has 112 valence electrons. The summed E-state index contributed by atoms with van der Waals surface area (Å²) in [6.45, 7) is 8.39. The Morgan fingerprint density at radius 2 is 1.90 bits per heavy atom. The van der Waals surface area contributed by atoms with E-state index in [9.17, 15) is 0 Å². The number of rotatable bonds is 4. The molecule has 0 bridgehead atoms. The van der Waals surface area contributed by atoms with E-state index in [1.165, 1.54) is 12.1 Å². The highest BCUT2D eigenvalue weighted by Gasteiger charge is 2.16. The molecule has 0 radical (unpaired) electrons. The molecule has 0 spiro atoms. The first-order valence-corrected chi connectivity index (χ1v) is 7.65. The Morgan fingerprint density at radius 3 is 2.62 bits per heavy atom. The van der Waals surface area contributed by atoms with Gasteiger partial charge in [0.25, 0.3) is 0 Å². The smallest absolute Gasteiger partial charge is 0.120 e. The highest BCUT2D eigenvalue weighted by Crippen LogP contribution is 2.09. The normalized spacial score (nSPS) is 17.8. The summed E-state index contributed by atoms with van der Waals surface area (Å²) < 4.78 is 0. The van der Waals surface area contributed by atoms with E-state index in [1.807, 2.05) is 12.4 Å². The van der Waals surface area contributed by atoms with Crippen LogP contribution >= 0.6 is 0 Å². The van der Waals surface area contributed by atoms with Crippen molar-refractivity contribution in [3.05, 3.63) is 47.8 Å². The molecule has 3 heterocycles. The van der Waals surface area contributed by atoms with Crippen LogP contribution in [0.1, 0.15) is 23.6 Å². The maximum atomic E-state index is 4.61. The van der Waals surface area contributed by atoms with Gasteiger partial charge in [-0.2, -0.15) is 0 Å². The van der Waals surface area contributed by atoms with Crippen LogP contribution in [0.4, 0.5) is 0 Å². The molecule has 0 aromatic carbocycles. The van der Waals surface area contributed by atoms with Crippen LogP contribution in [-0.2, 0) is 13.1 Å². The molecule has 2 aromatic rings. The first kappa shape index (κ1) is 14.2. The number of pyridine rings is 1. The topological polar surface area (TPSA) is 48.0 Å². The maximum absolute atomic E-state index is 4.61. The molecule has 1 aliphatic rings. The minimum atomic E-state index is 0.920. The van der Waals surface area contributed by atoms with Crippen molar-refractivity contribution in [2.75, 3.05) is 26.2 Å². The Labute approximate surface area is 126 Å². The number of hydrogen-bond acceptors (Lipinski definition) is 4. The fraction of sp³-hybridized carbons (Fsp3) is 0.500. The second-order valence-electron chi connectivity index (χ2n) is 5.71. The molecule has 0 unspecified atom stereocenters. The van der Waals surface area contributed by atoms with E-state index < -0.39 is 0 Å². The van der Waals surface area contributed by atoms with Crippen LogP contribution in [0.15, 0.2) is 30.6 Å². The third-order valence-electron chi connectivity index (χ3n) is 3.94. The third-order valence-corrected chi connectivity index (χ3v) is 3.94. The zero-order valence-corrected chi connectivity index (χ0v) is 12.6. The van der Waals surface area contributed by atoms with Crippen molar-refractivity contribution < 1.29 is 0 Å². The third kappa shape index (κ3) is 4.12. The first-order chi connectivity index (χ1) is 10.3. The number of imidazole rings is 1. The number of hydrogen-bond donors (Lipinski definition) is 1. The van der Waals surface area contributed by atoms with Crippen LogP contribution in [0.25, 0.3) is 0 Å². The Hall–Kier alpha value is -1.72. The fourth-order valence-electron chi connectivity index (χ4n) is 2.85. The lowest BCUT2D eigenvalue weighted by Gasteiger charge is -2.21. The molecule has 21 heavy (non-hydrogen) atoms. The summed E-state index contributed by atoms with van der Waals surface area (Å²) >= 11 is 0. The van der Waals surface area contributed by atoms with Crippen molar-refractivity contribution in [2.45, 2.75) is 26.4 Å². The van der Waals surface area contributed by atoms with E-state index >= 15 is 0 Å². The summed E-state index contributed by atoms with van der Waals surface area (Å²) in [5, 5.41) is 0. The summed E-state index contributed by atoms with van der Waals surface area (Å²) in [7, 11) is 0. The van der Waals surface area contributed by atoms with Gasteiger partial charge in [0.15, 0.2) is 0 Å². The summed E-state index contributed by atoms with van der Waals surface area (Å²) in [6.07, 6.45) is 4.91. The van der Waals surface area contributed by atoms with Gasteiger partial charge in [-0.15, -0.1) is 0 Å². The lowest BCUT2D eigenvalue weighted by atomic mass is 10.3. The summed E-state index contributed by atoms with van der Waals surface area (Å²) in [6, 6.07) is 6.27. The van der Waals surface area contributed by atoms with Crippen LogP contribution < -0.4 is 0 Å². The molecule has 0 amide bonds. The van der Waals surface area contributed by atoms with Crippen molar-refractivity contribution in [3.63, 3.8) is 0 Å². The van der Waals surface area contributed by atoms with Crippen molar-refractivity contribution in [1.29, 1.82) is 0 Å². The quantitative estimate of drug-likeness (QED) is 0.931. The SMILES string of the molecule is Cc1cccc(CN2CCCN(Cc3ncc[nH]3)CC2)n1. The van der Waals surface area contributed by atoms with Gasteiger partial charge in [-0.3, -0.25) is 14.8 Å². The van der Waals surface area contributed by atoms with Crippen LogP contribution in [0.2, 0.25) is 0 Å². The van der Waals surface area contributed by atoms with Crippen LogP contribution in [0.3, 0.4) is 0 Å². The van der Waals surface area contributed by atoms with Crippen molar-refractivity contribution >= 4 is 0 Å². The summed E-state index contributed by atoms with van der Waals surface area (Å²) in [5.41, 5.74) is 2.27. The van der Waals surface area contributed by atoms with Gasteiger partial charge < -0.3 is 4.98 Å². The van der Waals surface area contributed by atoms with Crippen molar-refractivity contribution in [2.24, 2.45) is 0 Å². The Kier molecular flexibility index (Phi) is 4.62. The van der Waals surface area contributed by atoms with Crippen molar-refractivity contribution in [1.82, 2.24) is 24.8 Å². The van der Waals surface area contributed by atoms with E-state index in [-0.39, 0.29) is 0 Å². The molecule has 2 aromatic heterocycles. The van der Waals surface area contributed by atoms with Gasteiger partial charge in [-0.05, 0) is 38.6 Å². The van der Waals surface area contributed by atoms with Gasteiger partial charge >= 0.3 is 0 Å². The van der Waals surface area contributed by atoms with E-state index in [2.05, 4.69) is 49.9 Å². The highest BCUT2D eigenvalue weighted by molar-refractivity contribution is 5.09. The monoisotopic (exact) mass is 285 g/mol. The predicted molar refractivity (Wildman–Crippen MR) is 82.7 cm³/mol. The lowest BCUT2D eigenvalue weighted by molar-refractivity contribution is 0.242. The minimum Gasteiger partial charge on any atom is -0.348 e. The zero-order chi connectivity index (χ0) is 14.5. The predicted octanol–water partition coefficient (Wildman–Crippen LogP) is 1.82. The lowest BCUT2D eigenvalue weighted by Crippen LogP contribution is -2.30. The molecule has 0 saturated carbocycles. The molecule has 1 saturated heterocycles. The van der Waals surface area contributed by atoms with E-state index in [1.54, 1.807) is 0 Å². The number of aryl methyl sites for hydroxylation is 1. The van der Waals surface area contributed by atoms with Crippen molar-refractivity contribution in [3.8, 4) is 0 Å². The number of nitrogens with one attached hydrogen (secondary N) is 1. The Morgan fingerprint density at radius 1 is 1.10 bits per heavy atom. The van der Waals surface area contributed by atoms with Crippen LogP contribution in [0, 0.1) is 6.92 Å². The molecule has 1 aliphatic heterocycles. The average Bonchev–Trinajstić information content (AvgIpc) is 2.87. The van der Waals surface area contributed by atoms with E-state index in [0.29, 0.717) is 0 Å². The van der Waals surface area contributed by atoms with Gasteiger partial charge in [-0.1, -0.05) is 6.07 Å². The largest absolute Gasteiger partial charge is 0.348 e. The first-order valence-electron chi connectivity index (χ1n) is 7.65. The molecule has 1 N–H and O–H groups in total. The summed E-state index contributed by atoms with van der Waals surface area (Å²) in [5.74, 6) is 1.06. The average molecular weight is 285 g/mol. The van der Waals surface area contributed by atoms with Gasteiger partial charge in [0.2, 0.25) is 0 Å². The molecule has 5 heteroatoms. The molecule has 3 rings (SSSR count). The Balaban J connectivity index is 1.53. The number of nitrogens with zero attached hydrogens (tertiary/aromatic N) is 4. The van der Waals surface area contributed by atoms with Gasteiger partial charge in [0, 0.05) is 37.7 Å². The van der Waals surface area contributed by atoms with Crippen LogP contribution in [0.5, 0.6) is 0 Å². The number of aromatic amines is 1. The number of H-pyrrole nitrogens is 1. The fourth-order valence-corrected chi connectivity index (χ4v) is 2.85. The number of aromatic nitrogens is 3. The molecule has 0 atom stereocenters. The molecular formula is C16H23N5. The second-order valence-corrected chi connectivity index (χ2v) is 5.71. The Bertz CT molecular complexity index is 552. The van der Waals surface area contributed by atoms with E-state index in [0.717, 1.165) is 50.8 Å². The summed E-state index contributed by atoms with van der Waals surface area (Å²) in [4.78, 5) is 17.1. The van der Waals surface area contributed by atoms with Gasteiger partial charge in [-0.25, -0.2) is 4.98 Å². The van der Waals surface area contributed by atoms with Crippen LogP contribution in [-0.4, -0.2) is 50.9 Å². The highest BCUT2D eigenvalue weighted by atomic mass is 15.2. The standard InChI is InChI=1S/C16H23N5/c1-14-4-2-5-15(19-14)12-20-8-3-9-21(11-10-20)13-16-17-6-7-18-16/h2,4-7H,3,8-13H2,1H3,(H,17,18). The molecular weight excluding hydrogens is 262 g/mol. The van der Waals surface area contributed by atoms with E-state index in [4.69, 9.17) is 0 Å². The maximum Gasteiger partial charge on any atom is 0.120 e. The van der Waals surface area contributed by atoms with Gasteiger partial charge in [0.1, 0.15) is 5.82 Å². The molecule has 5 nitrogen and oxygen atoms in total. The zero-order valence-electron chi connectivity index (χ0n) is 12.6. The molecule has 1 fully saturated rings. The molecule has 0 aliphatic carbocycles. The second kappa shape index (κ2) is 6.83.